The fourth-order valence-electron chi connectivity index (χ4n) is 3.32. The summed E-state index contributed by atoms with van der Waals surface area (Å²) >= 11 is 0. The third kappa shape index (κ3) is 2.09. The standard InChI is InChI=1S/C14H18N4O3S/c19-22(20,18-9-3-4-10-18)12-6-5-11(17-7-1-2-8-17)13-14(12)16-21-15-13/h5-6H,1-4,7-10H2. The predicted octanol–water partition coefficient (Wildman–Crippen LogP) is 1.61. The van der Waals surface area contributed by atoms with E-state index in [9.17, 15) is 8.42 Å². The van der Waals surface area contributed by atoms with Gasteiger partial charge in [-0.2, -0.15) is 4.31 Å². The molecule has 118 valence electrons. The van der Waals surface area contributed by atoms with E-state index >= 15 is 0 Å². The molecule has 1 aromatic heterocycles. The van der Waals surface area contributed by atoms with Gasteiger partial charge in [0.1, 0.15) is 4.90 Å². The average molecular weight is 322 g/mol. The molecule has 0 saturated carbocycles. The zero-order valence-corrected chi connectivity index (χ0v) is 13.0. The Morgan fingerprint density at radius 2 is 1.55 bits per heavy atom. The molecule has 2 aliphatic rings. The van der Waals surface area contributed by atoms with Crippen LogP contribution in [0.2, 0.25) is 0 Å². The number of rotatable bonds is 3. The molecule has 0 N–H and O–H groups in total. The van der Waals surface area contributed by atoms with Gasteiger partial charge in [-0.15, -0.1) is 0 Å². The number of hydrogen-bond acceptors (Lipinski definition) is 6. The zero-order chi connectivity index (χ0) is 15.2. The highest BCUT2D eigenvalue weighted by Gasteiger charge is 2.31. The van der Waals surface area contributed by atoms with Crippen molar-refractivity contribution in [3.8, 4) is 0 Å². The van der Waals surface area contributed by atoms with E-state index in [4.69, 9.17) is 4.63 Å². The molecule has 0 radical (unpaired) electrons. The summed E-state index contributed by atoms with van der Waals surface area (Å²) in [5.74, 6) is 0. The normalized spacial score (nSPS) is 20.3. The summed E-state index contributed by atoms with van der Waals surface area (Å²) in [4.78, 5) is 2.41. The van der Waals surface area contributed by atoms with Crippen molar-refractivity contribution in [2.45, 2.75) is 30.6 Å². The lowest BCUT2D eigenvalue weighted by Crippen LogP contribution is -2.28. The number of hydrogen-bond donors (Lipinski definition) is 0. The molecule has 2 fully saturated rings. The Bertz CT molecular complexity index is 790. The van der Waals surface area contributed by atoms with Crippen LogP contribution < -0.4 is 4.90 Å². The van der Waals surface area contributed by atoms with E-state index in [1.54, 1.807) is 6.07 Å². The maximum atomic E-state index is 12.8. The number of sulfonamides is 1. The van der Waals surface area contributed by atoms with Crippen molar-refractivity contribution in [2.75, 3.05) is 31.1 Å². The Labute approximate surface area is 128 Å². The van der Waals surface area contributed by atoms with Crippen LogP contribution >= 0.6 is 0 Å². The zero-order valence-electron chi connectivity index (χ0n) is 12.2. The van der Waals surface area contributed by atoms with E-state index < -0.39 is 10.0 Å². The van der Waals surface area contributed by atoms with Crippen LogP contribution in [0.4, 0.5) is 5.69 Å². The lowest BCUT2D eigenvalue weighted by molar-refractivity contribution is 0.315. The average Bonchev–Trinajstić information content (AvgIpc) is 3.25. The molecule has 4 rings (SSSR count). The summed E-state index contributed by atoms with van der Waals surface area (Å²) in [6, 6.07) is 3.48. The summed E-state index contributed by atoms with van der Waals surface area (Å²) in [5.41, 5.74) is 1.80. The van der Waals surface area contributed by atoms with E-state index in [2.05, 4.69) is 15.2 Å². The van der Waals surface area contributed by atoms with Crippen LogP contribution in [0.3, 0.4) is 0 Å². The van der Waals surface area contributed by atoms with Crippen molar-refractivity contribution in [1.82, 2.24) is 14.6 Å². The van der Waals surface area contributed by atoms with Crippen molar-refractivity contribution in [1.29, 1.82) is 0 Å². The lowest BCUT2D eigenvalue weighted by Gasteiger charge is -2.19. The van der Waals surface area contributed by atoms with Crippen LogP contribution in [0.1, 0.15) is 25.7 Å². The van der Waals surface area contributed by atoms with Crippen molar-refractivity contribution in [2.24, 2.45) is 0 Å². The van der Waals surface area contributed by atoms with Gasteiger partial charge >= 0.3 is 0 Å². The molecule has 0 atom stereocenters. The highest BCUT2D eigenvalue weighted by Crippen LogP contribution is 2.33. The minimum atomic E-state index is -3.52. The van der Waals surface area contributed by atoms with Gasteiger partial charge in [-0.25, -0.2) is 13.0 Å². The third-order valence-electron chi connectivity index (χ3n) is 4.49. The fraction of sp³-hybridized carbons (Fsp3) is 0.571. The van der Waals surface area contributed by atoms with Crippen LogP contribution in [0, 0.1) is 0 Å². The van der Waals surface area contributed by atoms with Crippen molar-refractivity contribution in [3.05, 3.63) is 12.1 Å². The van der Waals surface area contributed by atoms with Crippen LogP contribution in [0.15, 0.2) is 21.7 Å². The molecule has 2 saturated heterocycles. The van der Waals surface area contributed by atoms with Gasteiger partial charge in [-0.3, -0.25) is 0 Å². The first kappa shape index (κ1) is 14.0. The van der Waals surface area contributed by atoms with Gasteiger partial charge in [-0.05, 0) is 48.1 Å². The Hall–Kier alpha value is -1.67. The Morgan fingerprint density at radius 3 is 2.27 bits per heavy atom. The predicted molar refractivity (Wildman–Crippen MR) is 81.2 cm³/mol. The van der Waals surface area contributed by atoms with Crippen LogP contribution in [-0.2, 0) is 10.0 Å². The van der Waals surface area contributed by atoms with Crippen LogP contribution in [0.25, 0.3) is 11.0 Å². The molecule has 2 aromatic rings. The Morgan fingerprint density at radius 1 is 0.909 bits per heavy atom. The van der Waals surface area contributed by atoms with Crippen LogP contribution in [0.5, 0.6) is 0 Å². The molecule has 3 heterocycles. The highest BCUT2D eigenvalue weighted by molar-refractivity contribution is 7.89. The summed E-state index contributed by atoms with van der Waals surface area (Å²) in [6.45, 7) is 3.06. The fourth-order valence-corrected chi connectivity index (χ4v) is 4.96. The van der Waals surface area contributed by atoms with E-state index in [0.29, 0.717) is 24.1 Å². The topological polar surface area (TPSA) is 79.5 Å². The minimum Gasteiger partial charge on any atom is -0.370 e. The van der Waals surface area contributed by atoms with E-state index in [1.165, 1.54) is 4.31 Å². The molecule has 0 bridgehead atoms. The monoisotopic (exact) mass is 322 g/mol. The van der Waals surface area contributed by atoms with Gasteiger partial charge in [0.05, 0.1) is 5.69 Å². The van der Waals surface area contributed by atoms with Gasteiger partial charge in [0, 0.05) is 26.2 Å². The summed E-state index contributed by atoms with van der Waals surface area (Å²) < 4.78 is 31.9. The molecular formula is C14H18N4O3S. The second kappa shape index (κ2) is 5.20. The first-order valence-electron chi connectivity index (χ1n) is 7.68. The Balaban J connectivity index is 1.83. The largest absolute Gasteiger partial charge is 0.370 e. The number of anilines is 1. The number of aromatic nitrogens is 2. The highest BCUT2D eigenvalue weighted by atomic mass is 32.2. The molecule has 8 heteroatoms. The molecular weight excluding hydrogens is 304 g/mol. The number of fused-ring (bicyclic) bond motifs is 1. The lowest BCUT2D eigenvalue weighted by atomic mass is 10.2. The minimum absolute atomic E-state index is 0.202. The van der Waals surface area contributed by atoms with Crippen LogP contribution in [-0.4, -0.2) is 49.2 Å². The van der Waals surface area contributed by atoms with Gasteiger partial charge < -0.3 is 4.90 Å². The number of nitrogens with zero attached hydrogens (tertiary/aromatic N) is 4. The molecule has 7 nitrogen and oxygen atoms in total. The maximum absolute atomic E-state index is 12.8. The smallest absolute Gasteiger partial charge is 0.245 e. The van der Waals surface area contributed by atoms with E-state index in [0.717, 1.165) is 44.5 Å². The first-order chi connectivity index (χ1) is 10.7. The van der Waals surface area contributed by atoms with Crippen molar-refractivity contribution >= 4 is 26.7 Å². The molecule has 1 aromatic carbocycles. The quantitative estimate of drug-likeness (QED) is 0.854. The van der Waals surface area contributed by atoms with Gasteiger partial charge in [0.2, 0.25) is 10.0 Å². The second-order valence-corrected chi connectivity index (χ2v) is 7.76. The summed E-state index contributed by atoms with van der Waals surface area (Å²) in [6.07, 6.45) is 4.10. The van der Waals surface area contributed by atoms with E-state index in [-0.39, 0.29) is 4.90 Å². The van der Waals surface area contributed by atoms with E-state index in [1.807, 2.05) is 6.07 Å². The van der Waals surface area contributed by atoms with Crippen molar-refractivity contribution < 1.29 is 13.0 Å². The SMILES string of the molecule is O=S(=O)(c1ccc(N2CCCC2)c2nonc12)N1CCCC1. The number of benzene rings is 1. The van der Waals surface area contributed by atoms with Crippen molar-refractivity contribution in [3.63, 3.8) is 0 Å². The molecule has 0 unspecified atom stereocenters. The maximum Gasteiger partial charge on any atom is 0.245 e. The van der Waals surface area contributed by atoms with Gasteiger partial charge in [0.25, 0.3) is 0 Å². The summed E-state index contributed by atoms with van der Waals surface area (Å²) in [5, 5.41) is 7.82. The Kier molecular flexibility index (Phi) is 3.30. The molecule has 0 spiro atoms. The third-order valence-corrected chi connectivity index (χ3v) is 6.42. The molecule has 2 aliphatic heterocycles. The van der Waals surface area contributed by atoms with Gasteiger partial charge in [-0.1, -0.05) is 0 Å². The van der Waals surface area contributed by atoms with Gasteiger partial charge in [0.15, 0.2) is 11.0 Å². The first-order valence-corrected chi connectivity index (χ1v) is 9.12. The summed E-state index contributed by atoms with van der Waals surface area (Å²) in [7, 11) is -3.52. The second-order valence-electron chi connectivity index (χ2n) is 5.85. The molecule has 22 heavy (non-hydrogen) atoms. The molecule has 0 amide bonds. The molecule has 0 aliphatic carbocycles.